The van der Waals surface area contributed by atoms with Crippen molar-refractivity contribution in [3.05, 3.63) is 118 Å². The maximum Gasteiger partial charge on any atom is 0.175 e. The second-order valence-corrected chi connectivity index (χ2v) is 8.25. The largest absolute Gasteiger partial charge is 0.309 e. The molecule has 0 aromatic heterocycles. The van der Waals surface area contributed by atoms with Gasteiger partial charge in [0.2, 0.25) is 0 Å². The third kappa shape index (κ3) is 4.31. The summed E-state index contributed by atoms with van der Waals surface area (Å²) in [4.78, 5) is 13.6. The van der Waals surface area contributed by atoms with E-state index < -0.39 is 11.7 Å². The highest BCUT2D eigenvalue weighted by atomic mass is 32.1. The number of nitrogens with one attached hydrogen (secondary N) is 2. The van der Waals surface area contributed by atoms with Crippen molar-refractivity contribution in [2.24, 2.45) is 5.90 Å². The van der Waals surface area contributed by atoms with E-state index in [1.807, 2.05) is 54.6 Å². The molecule has 5 nitrogen and oxygen atoms in total. The van der Waals surface area contributed by atoms with Crippen molar-refractivity contribution in [3.8, 4) is 0 Å². The molecule has 0 radical (unpaired) electrons. The molecule has 0 aliphatic carbocycles. The van der Waals surface area contributed by atoms with E-state index in [0.29, 0.717) is 0 Å². The van der Waals surface area contributed by atoms with Crippen LogP contribution >= 0.6 is 12.8 Å². The average molecular weight is 458 g/mol. The van der Waals surface area contributed by atoms with E-state index in [0.717, 1.165) is 27.6 Å². The zero-order valence-corrected chi connectivity index (χ0v) is 19.5. The van der Waals surface area contributed by atoms with Crippen molar-refractivity contribution >= 4 is 29.8 Å². The molecule has 0 aliphatic rings. The lowest BCUT2D eigenvalue weighted by Crippen LogP contribution is -2.35. The van der Waals surface area contributed by atoms with E-state index in [4.69, 9.17) is 21.0 Å². The molecule has 4 aromatic carbocycles. The Morgan fingerprint density at radius 3 is 2.21 bits per heavy atom. The summed E-state index contributed by atoms with van der Waals surface area (Å²) >= 11 is 4.01. The SMILES string of the molecule is Cc1ccc2cc(C(ON)c3ccc(C(C=N)(ONS)c4ccccc4)cc3)ccc2c1C. The molecule has 4 aromatic rings. The maximum atomic E-state index is 8.14. The van der Waals surface area contributed by atoms with Gasteiger partial charge in [0.25, 0.3) is 0 Å². The van der Waals surface area contributed by atoms with Crippen molar-refractivity contribution < 1.29 is 9.68 Å². The summed E-state index contributed by atoms with van der Waals surface area (Å²) in [6.45, 7) is 4.25. The van der Waals surface area contributed by atoms with Crippen molar-refractivity contribution in [3.63, 3.8) is 0 Å². The first-order chi connectivity index (χ1) is 16.0. The third-order valence-electron chi connectivity index (χ3n) is 6.28. The maximum absolute atomic E-state index is 8.14. The highest BCUT2D eigenvalue weighted by molar-refractivity contribution is 7.77. The topological polar surface area (TPSA) is 80.4 Å². The second kappa shape index (κ2) is 9.87. The Morgan fingerprint density at radius 1 is 0.909 bits per heavy atom. The number of thiol groups is 1. The third-order valence-corrected chi connectivity index (χ3v) is 6.37. The lowest BCUT2D eigenvalue weighted by molar-refractivity contribution is 0.00789. The first-order valence-electron chi connectivity index (χ1n) is 10.6. The van der Waals surface area contributed by atoms with E-state index in [9.17, 15) is 0 Å². The van der Waals surface area contributed by atoms with Gasteiger partial charge in [0.05, 0.1) is 0 Å². The van der Waals surface area contributed by atoms with Gasteiger partial charge in [0, 0.05) is 6.21 Å². The summed E-state index contributed by atoms with van der Waals surface area (Å²) in [5.41, 5.74) is 4.86. The predicted octanol–water partition coefficient (Wildman–Crippen LogP) is 5.70. The Morgan fingerprint density at radius 2 is 1.58 bits per heavy atom. The summed E-state index contributed by atoms with van der Waals surface area (Å²) in [5.74, 6) is 5.74. The molecule has 4 rings (SSSR count). The van der Waals surface area contributed by atoms with Crippen LogP contribution in [-0.4, -0.2) is 6.21 Å². The van der Waals surface area contributed by atoms with Gasteiger partial charge in [-0.3, -0.25) is 9.68 Å². The fraction of sp³-hybridized carbons (Fsp3) is 0.148. The molecule has 0 fully saturated rings. The fourth-order valence-corrected chi connectivity index (χ4v) is 4.41. The number of rotatable bonds is 8. The lowest BCUT2D eigenvalue weighted by atomic mass is 9.86. The number of nitrogens with two attached hydrogens (primary N) is 1. The molecule has 33 heavy (non-hydrogen) atoms. The van der Waals surface area contributed by atoms with Gasteiger partial charge in [-0.1, -0.05) is 91.7 Å². The van der Waals surface area contributed by atoms with Crippen molar-refractivity contribution in [1.29, 1.82) is 5.41 Å². The Hall–Kier alpha value is -3.00. The smallest absolute Gasteiger partial charge is 0.175 e. The van der Waals surface area contributed by atoms with Gasteiger partial charge in [0.15, 0.2) is 5.60 Å². The fourth-order valence-electron chi connectivity index (χ4n) is 4.27. The summed E-state index contributed by atoms with van der Waals surface area (Å²) in [6, 6.07) is 27.8. The zero-order valence-electron chi connectivity index (χ0n) is 18.6. The van der Waals surface area contributed by atoms with Gasteiger partial charge in [-0.15, -0.1) is 4.89 Å². The van der Waals surface area contributed by atoms with Crippen LogP contribution in [-0.2, 0) is 15.3 Å². The van der Waals surface area contributed by atoms with Crippen LogP contribution < -0.4 is 10.8 Å². The summed E-state index contributed by atoms with van der Waals surface area (Å²) in [7, 11) is 0. The van der Waals surface area contributed by atoms with Crippen LogP contribution in [0.1, 0.15) is 39.5 Å². The molecule has 0 aliphatic heterocycles. The minimum atomic E-state index is -1.13. The monoisotopic (exact) mass is 457 g/mol. The number of hydrogen-bond acceptors (Lipinski definition) is 6. The lowest BCUT2D eigenvalue weighted by Gasteiger charge is -2.30. The predicted molar refractivity (Wildman–Crippen MR) is 136 cm³/mol. The molecule has 2 unspecified atom stereocenters. The van der Waals surface area contributed by atoms with E-state index >= 15 is 0 Å². The van der Waals surface area contributed by atoms with Crippen LogP contribution in [0.2, 0.25) is 0 Å². The molecule has 0 saturated heterocycles. The molecule has 4 N–H and O–H groups in total. The van der Waals surface area contributed by atoms with Crippen molar-refractivity contribution in [2.45, 2.75) is 25.6 Å². The Bertz CT molecular complexity index is 1260. The van der Waals surface area contributed by atoms with Gasteiger partial charge >= 0.3 is 0 Å². The zero-order chi connectivity index (χ0) is 23.4. The Labute approximate surface area is 199 Å². The molecule has 6 heteroatoms. The molecule has 0 saturated carbocycles. The summed E-state index contributed by atoms with van der Waals surface area (Å²) < 4.78 is 0. The quantitative estimate of drug-likeness (QED) is 0.156. The molecule has 2 atom stereocenters. The highest BCUT2D eigenvalue weighted by Crippen LogP contribution is 2.34. The van der Waals surface area contributed by atoms with Crippen LogP contribution in [0.5, 0.6) is 0 Å². The Kier molecular flexibility index (Phi) is 6.93. The highest BCUT2D eigenvalue weighted by Gasteiger charge is 2.34. The number of benzene rings is 4. The van der Waals surface area contributed by atoms with Crippen molar-refractivity contribution in [2.75, 3.05) is 0 Å². The van der Waals surface area contributed by atoms with Crippen LogP contribution in [0.4, 0.5) is 0 Å². The van der Waals surface area contributed by atoms with Gasteiger partial charge in [-0.2, -0.15) is 0 Å². The van der Waals surface area contributed by atoms with Crippen molar-refractivity contribution in [1.82, 2.24) is 4.89 Å². The van der Waals surface area contributed by atoms with Crippen LogP contribution in [0, 0.1) is 19.3 Å². The van der Waals surface area contributed by atoms with Crippen LogP contribution in [0.25, 0.3) is 10.8 Å². The number of fused-ring (bicyclic) bond motifs is 1. The Balaban J connectivity index is 1.72. The molecule has 0 amide bonds. The summed E-state index contributed by atoms with van der Waals surface area (Å²) in [5, 5.41) is 10.5. The van der Waals surface area contributed by atoms with Crippen LogP contribution in [0.3, 0.4) is 0 Å². The summed E-state index contributed by atoms with van der Waals surface area (Å²) in [6.07, 6.45) is 0.825. The number of hydrogen-bond donors (Lipinski definition) is 4. The van der Waals surface area contributed by atoms with Gasteiger partial charge in [-0.25, -0.2) is 5.90 Å². The second-order valence-electron chi connectivity index (χ2n) is 8.07. The normalized spacial score (nSPS) is 14.1. The minimum absolute atomic E-state index is 0.430. The first kappa shape index (κ1) is 23.2. The van der Waals surface area contributed by atoms with Crippen LogP contribution in [0.15, 0.2) is 84.9 Å². The molecular formula is C27H27N3O2S. The first-order valence-corrected chi connectivity index (χ1v) is 11.1. The van der Waals surface area contributed by atoms with E-state index in [1.54, 1.807) is 0 Å². The van der Waals surface area contributed by atoms with Gasteiger partial charge < -0.3 is 5.41 Å². The molecule has 0 bridgehead atoms. The average Bonchev–Trinajstić information content (AvgIpc) is 2.86. The van der Waals surface area contributed by atoms with Gasteiger partial charge in [-0.05, 0) is 64.1 Å². The molecule has 0 heterocycles. The standard InChI is InChI=1S/C27H27N3O2S/c1-18-8-9-21-16-22(12-15-25(21)19(18)2)26(31-29)20-10-13-24(14-11-20)27(17-28,32-30-33)23-6-4-3-5-7-23/h3-17,26,28,30,33H,29H2,1-2H3. The van der Waals surface area contributed by atoms with E-state index in [-0.39, 0.29) is 0 Å². The molecular weight excluding hydrogens is 430 g/mol. The van der Waals surface area contributed by atoms with Gasteiger partial charge in [0.1, 0.15) is 6.10 Å². The number of aryl methyl sites for hydroxylation is 2. The van der Waals surface area contributed by atoms with E-state index in [2.05, 4.69) is 61.9 Å². The molecule has 168 valence electrons. The molecule has 0 spiro atoms. The van der Waals surface area contributed by atoms with E-state index in [1.165, 1.54) is 22.7 Å². The minimum Gasteiger partial charge on any atom is -0.309 e.